The number of halogens is 2. The van der Waals surface area contributed by atoms with Gasteiger partial charge in [-0.15, -0.1) is 0 Å². The van der Waals surface area contributed by atoms with Crippen LogP contribution in [0.3, 0.4) is 0 Å². The topological polar surface area (TPSA) is 98.1 Å². The number of hydrogen-bond donors (Lipinski definition) is 2. The number of pyridine rings is 1. The maximum atomic E-state index is 13.3. The molecule has 1 fully saturated rings. The van der Waals surface area contributed by atoms with Crippen LogP contribution in [0.25, 0.3) is 0 Å². The lowest BCUT2D eigenvalue weighted by atomic mass is 9.70. The summed E-state index contributed by atoms with van der Waals surface area (Å²) < 4.78 is 43.6. The van der Waals surface area contributed by atoms with Crippen molar-refractivity contribution in [2.24, 2.45) is 5.92 Å². The molecular weight excluding hydrogens is 460 g/mol. The molecule has 1 aromatic heterocycles. The van der Waals surface area contributed by atoms with E-state index in [0.29, 0.717) is 11.1 Å². The second-order valence-electron chi connectivity index (χ2n) is 8.62. The average molecular weight is 483 g/mol. The zero-order valence-electron chi connectivity index (χ0n) is 18.9. The molecule has 2 heterocycles. The molecule has 2 aliphatic rings. The predicted octanol–water partition coefficient (Wildman–Crippen LogP) is 3.45. The number of benzene rings is 2. The third kappa shape index (κ3) is 3.01. The number of carbonyl (C=O) groups is 1. The summed E-state index contributed by atoms with van der Waals surface area (Å²) in [5.41, 5.74) is -3.25. The first-order chi connectivity index (χ1) is 16.8. The van der Waals surface area contributed by atoms with E-state index in [9.17, 15) is 23.8 Å². The van der Waals surface area contributed by atoms with Gasteiger partial charge in [-0.3, -0.25) is 9.78 Å². The van der Waals surface area contributed by atoms with E-state index in [1.54, 1.807) is 30.3 Å². The normalized spacial score (nSPS) is 28.8. The van der Waals surface area contributed by atoms with Crippen LogP contribution >= 0.6 is 0 Å². The molecule has 7 nitrogen and oxygen atoms in total. The zero-order chi connectivity index (χ0) is 25.0. The standard InChI is InChI=1S/C26H23F2NO6/c1-33-17-12-29-13-18-21(17)25(32)22(30)19(24(31)34-2)20(14-6-4-3-5-7-14)26(25,35-18)16-10-8-15(9-11-16)23(27)28/h3-13,19-20,22-23,30,32H,1-2H3/t19-,20-,22-,25+,26+/m1/s1. The fourth-order valence-electron chi connectivity index (χ4n) is 5.67. The minimum atomic E-state index is -2.70. The van der Waals surface area contributed by atoms with Gasteiger partial charge in [0.2, 0.25) is 0 Å². The first-order valence-corrected chi connectivity index (χ1v) is 10.9. The highest BCUT2D eigenvalue weighted by Gasteiger charge is 2.78. The van der Waals surface area contributed by atoms with Crippen molar-refractivity contribution in [3.05, 3.63) is 89.2 Å². The van der Waals surface area contributed by atoms with Gasteiger partial charge in [-0.1, -0.05) is 54.6 Å². The molecule has 9 heteroatoms. The number of esters is 1. The minimum absolute atomic E-state index is 0.118. The second-order valence-corrected chi connectivity index (χ2v) is 8.62. The highest BCUT2D eigenvalue weighted by atomic mass is 19.3. The monoisotopic (exact) mass is 483 g/mol. The van der Waals surface area contributed by atoms with E-state index in [0.717, 1.165) is 0 Å². The molecule has 182 valence electrons. The Bertz CT molecular complexity index is 1250. The molecular formula is C26H23F2NO6. The van der Waals surface area contributed by atoms with Crippen LogP contribution in [0.2, 0.25) is 0 Å². The Hall–Kier alpha value is -3.56. The van der Waals surface area contributed by atoms with Crippen molar-refractivity contribution in [3.8, 4) is 11.5 Å². The number of aliphatic hydroxyl groups is 2. The van der Waals surface area contributed by atoms with E-state index in [1.165, 1.54) is 50.9 Å². The third-order valence-corrected chi connectivity index (χ3v) is 7.10. The van der Waals surface area contributed by atoms with Crippen molar-refractivity contribution in [3.63, 3.8) is 0 Å². The fourth-order valence-corrected chi connectivity index (χ4v) is 5.67. The molecule has 0 radical (unpaired) electrons. The van der Waals surface area contributed by atoms with E-state index >= 15 is 0 Å². The van der Waals surface area contributed by atoms with Gasteiger partial charge in [0.1, 0.15) is 17.6 Å². The molecule has 0 saturated heterocycles. The van der Waals surface area contributed by atoms with Crippen LogP contribution in [0.4, 0.5) is 8.78 Å². The molecule has 0 amide bonds. The highest BCUT2D eigenvalue weighted by Crippen LogP contribution is 2.69. The number of fused-ring (bicyclic) bond motifs is 3. The lowest BCUT2D eigenvalue weighted by Crippen LogP contribution is -2.52. The summed E-state index contributed by atoms with van der Waals surface area (Å²) in [5, 5.41) is 24.1. The number of ether oxygens (including phenoxy) is 3. The van der Waals surface area contributed by atoms with Crippen LogP contribution < -0.4 is 9.47 Å². The number of aromatic nitrogens is 1. The maximum Gasteiger partial charge on any atom is 0.312 e. The molecule has 0 unspecified atom stereocenters. The molecule has 0 bridgehead atoms. The van der Waals surface area contributed by atoms with E-state index in [1.807, 2.05) is 0 Å². The van der Waals surface area contributed by atoms with Crippen molar-refractivity contribution in [2.75, 3.05) is 14.2 Å². The van der Waals surface area contributed by atoms with Crippen molar-refractivity contribution in [1.29, 1.82) is 0 Å². The maximum absolute atomic E-state index is 13.3. The smallest absolute Gasteiger partial charge is 0.312 e. The summed E-state index contributed by atoms with van der Waals surface area (Å²) in [6.07, 6.45) is -1.65. The molecule has 1 aliphatic heterocycles. The number of hydrogen-bond acceptors (Lipinski definition) is 7. The van der Waals surface area contributed by atoms with Crippen LogP contribution in [-0.2, 0) is 20.7 Å². The van der Waals surface area contributed by atoms with Gasteiger partial charge in [0, 0.05) is 11.5 Å². The summed E-state index contributed by atoms with van der Waals surface area (Å²) in [6.45, 7) is 0. The van der Waals surface area contributed by atoms with Crippen LogP contribution in [0.1, 0.15) is 34.6 Å². The SMILES string of the molecule is COC(=O)[C@H]1[C@@H](O)[C@@]2(O)c3c(OC)cncc3O[C@@]2(c2ccc(C(F)F)cc2)[C@@H]1c1ccccc1. The number of rotatable bonds is 5. The lowest BCUT2D eigenvalue weighted by molar-refractivity contribution is -0.161. The minimum Gasteiger partial charge on any atom is -0.495 e. The van der Waals surface area contributed by atoms with Gasteiger partial charge in [-0.25, -0.2) is 8.78 Å². The molecule has 1 aliphatic carbocycles. The second kappa shape index (κ2) is 8.28. The van der Waals surface area contributed by atoms with Crippen LogP contribution in [0.15, 0.2) is 67.0 Å². The Morgan fingerprint density at radius 1 is 1.09 bits per heavy atom. The van der Waals surface area contributed by atoms with Gasteiger partial charge in [0.15, 0.2) is 11.2 Å². The summed E-state index contributed by atoms with van der Waals surface area (Å²) in [5.74, 6) is -2.68. The fraction of sp³-hybridized carbons (Fsp3) is 0.308. The third-order valence-electron chi connectivity index (χ3n) is 7.10. The highest BCUT2D eigenvalue weighted by molar-refractivity contribution is 5.78. The Morgan fingerprint density at radius 3 is 2.37 bits per heavy atom. The van der Waals surface area contributed by atoms with E-state index in [2.05, 4.69) is 4.98 Å². The Morgan fingerprint density at radius 2 is 1.77 bits per heavy atom. The molecule has 5 rings (SSSR count). The van der Waals surface area contributed by atoms with Gasteiger partial charge in [0.25, 0.3) is 6.43 Å². The summed E-state index contributed by atoms with van der Waals surface area (Å²) in [7, 11) is 2.57. The summed E-state index contributed by atoms with van der Waals surface area (Å²) in [6, 6.07) is 14.1. The average Bonchev–Trinajstić information content (AvgIpc) is 3.27. The van der Waals surface area contributed by atoms with E-state index < -0.39 is 41.5 Å². The first kappa shape index (κ1) is 23.2. The van der Waals surface area contributed by atoms with Crippen LogP contribution in [0.5, 0.6) is 11.5 Å². The van der Waals surface area contributed by atoms with Crippen LogP contribution in [0, 0.1) is 5.92 Å². The quantitative estimate of drug-likeness (QED) is 0.537. The van der Waals surface area contributed by atoms with Gasteiger partial charge in [-0.2, -0.15) is 0 Å². The number of carbonyl (C=O) groups excluding carboxylic acids is 1. The van der Waals surface area contributed by atoms with E-state index in [4.69, 9.17) is 14.2 Å². The Balaban J connectivity index is 1.86. The van der Waals surface area contributed by atoms with Crippen molar-refractivity contribution in [1.82, 2.24) is 4.98 Å². The molecule has 35 heavy (non-hydrogen) atoms. The van der Waals surface area contributed by atoms with Crippen LogP contribution in [-0.4, -0.2) is 41.5 Å². The Labute approximate surface area is 199 Å². The number of methoxy groups -OCH3 is 2. The first-order valence-electron chi connectivity index (χ1n) is 10.9. The van der Waals surface area contributed by atoms with Gasteiger partial charge in [0.05, 0.1) is 38.1 Å². The molecule has 2 aromatic carbocycles. The predicted molar refractivity (Wildman–Crippen MR) is 119 cm³/mol. The summed E-state index contributed by atoms with van der Waals surface area (Å²) >= 11 is 0. The molecule has 0 spiro atoms. The molecule has 2 N–H and O–H groups in total. The van der Waals surface area contributed by atoms with Gasteiger partial charge >= 0.3 is 5.97 Å². The van der Waals surface area contributed by atoms with Crippen molar-refractivity contribution in [2.45, 2.75) is 29.6 Å². The van der Waals surface area contributed by atoms with Gasteiger partial charge in [-0.05, 0) is 11.1 Å². The molecule has 5 atom stereocenters. The van der Waals surface area contributed by atoms with Crippen molar-refractivity contribution < 1.29 is 38.0 Å². The molecule has 1 saturated carbocycles. The number of alkyl halides is 2. The number of nitrogens with zero attached hydrogens (tertiary/aromatic N) is 1. The van der Waals surface area contributed by atoms with E-state index in [-0.39, 0.29) is 22.6 Å². The van der Waals surface area contributed by atoms with Crippen molar-refractivity contribution >= 4 is 5.97 Å². The summed E-state index contributed by atoms with van der Waals surface area (Å²) in [4.78, 5) is 17.2. The molecule has 3 aromatic rings. The zero-order valence-corrected chi connectivity index (χ0v) is 18.9. The largest absolute Gasteiger partial charge is 0.495 e. The lowest BCUT2D eigenvalue weighted by Gasteiger charge is -2.40. The number of aliphatic hydroxyl groups excluding tert-OH is 1. The van der Waals surface area contributed by atoms with Gasteiger partial charge < -0.3 is 24.4 Å². The Kier molecular flexibility index (Phi) is 5.49.